The van der Waals surface area contributed by atoms with Crippen molar-refractivity contribution in [3.05, 3.63) is 83.9 Å². The Morgan fingerprint density at radius 2 is 1.48 bits per heavy atom. The molecule has 13 nitrogen and oxygen atoms in total. The molecule has 0 spiro atoms. The highest BCUT2D eigenvalue weighted by Crippen LogP contribution is 2.20. The summed E-state index contributed by atoms with van der Waals surface area (Å²) < 4.78 is 17.9. The monoisotopic (exact) mass is 631 g/mol. The number of alkyl carbamates (subject to hydrolysis) is 2. The Labute approximate surface area is 268 Å². The Balaban J connectivity index is 1.43. The predicted octanol–water partition coefficient (Wildman–Crippen LogP) is 5.10. The fourth-order valence-corrected chi connectivity index (χ4v) is 4.32. The van der Waals surface area contributed by atoms with Gasteiger partial charge in [-0.3, -0.25) is 0 Å². The molecule has 1 atom stereocenters. The van der Waals surface area contributed by atoms with Crippen LogP contribution in [0.25, 0.3) is 11.2 Å². The standard InChI is InChI=1S/C33H41N7O6/c1-32(2,3)45-29(41)25(39-31(43)44-19-22-11-8-7-9-12-22)18-40-21-38-26-27(36-20-37-28(26)40)34-16-23-13-10-14-24(15-23)17-35-30(42)46-33(4,5)6/h7-15,20-21,25H,16-19H2,1-6H3,(H,35,42)(H,39,43)(H,34,36,37). The first-order chi connectivity index (χ1) is 21.8. The zero-order valence-electron chi connectivity index (χ0n) is 27.0. The summed E-state index contributed by atoms with van der Waals surface area (Å²) in [4.78, 5) is 51.1. The number of fused-ring (bicyclic) bond motifs is 1. The van der Waals surface area contributed by atoms with Crippen molar-refractivity contribution in [1.82, 2.24) is 30.2 Å². The quantitative estimate of drug-likeness (QED) is 0.150. The van der Waals surface area contributed by atoms with Crippen molar-refractivity contribution >= 4 is 35.1 Å². The molecule has 0 aliphatic carbocycles. The highest BCUT2D eigenvalue weighted by atomic mass is 16.6. The Morgan fingerprint density at radius 1 is 0.804 bits per heavy atom. The highest BCUT2D eigenvalue weighted by molar-refractivity contribution is 5.84. The Kier molecular flexibility index (Phi) is 10.8. The number of carbonyl (C=O) groups is 3. The molecule has 4 aromatic rings. The van der Waals surface area contributed by atoms with Gasteiger partial charge in [-0.25, -0.2) is 29.3 Å². The zero-order chi connectivity index (χ0) is 33.3. The maximum Gasteiger partial charge on any atom is 0.408 e. The third-order valence-corrected chi connectivity index (χ3v) is 6.26. The Bertz CT molecular complexity index is 1640. The number of amides is 2. The Morgan fingerprint density at radius 3 is 2.17 bits per heavy atom. The molecular weight excluding hydrogens is 590 g/mol. The van der Waals surface area contributed by atoms with E-state index in [1.165, 1.54) is 12.7 Å². The molecule has 2 aromatic heterocycles. The van der Waals surface area contributed by atoms with Gasteiger partial charge in [0.2, 0.25) is 0 Å². The number of hydrogen-bond donors (Lipinski definition) is 3. The first-order valence-electron chi connectivity index (χ1n) is 14.9. The normalized spacial score (nSPS) is 12.2. The molecule has 0 bridgehead atoms. The second kappa shape index (κ2) is 14.7. The number of carbonyl (C=O) groups excluding carboxylic acids is 3. The fraction of sp³-hybridized carbons (Fsp3) is 0.394. The van der Waals surface area contributed by atoms with Gasteiger partial charge in [0.05, 0.1) is 12.9 Å². The van der Waals surface area contributed by atoms with Crippen LogP contribution in [0.15, 0.2) is 67.3 Å². The number of hydrogen-bond acceptors (Lipinski definition) is 10. The second-order valence-corrected chi connectivity index (χ2v) is 12.6. The number of nitrogens with zero attached hydrogens (tertiary/aromatic N) is 4. The van der Waals surface area contributed by atoms with Crippen LogP contribution < -0.4 is 16.0 Å². The summed E-state index contributed by atoms with van der Waals surface area (Å²) in [6, 6.07) is 15.9. The summed E-state index contributed by atoms with van der Waals surface area (Å²) >= 11 is 0. The van der Waals surface area contributed by atoms with Crippen molar-refractivity contribution in [3.8, 4) is 0 Å². The number of ether oxygens (including phenoxy) is 3. The van der Waals surface area contributed by atoms with Gasteiger partial charge in [-0.05, 0) is 58.2 Å². The summed E-state index contributed by atoms with van der Waals surface area (Å²) in [5, 5.41) is 8.69. The number of rotatable bonds is 11. The van der Waals surface area contributed by atoms with Crippen LogP contribution in [-0.4, -0.2) is 54.9 Å². The first-order valence-corrected chi connectivity index (χ1v) is 14.9. The lowest BCUT2D eigenvalue weighted by Gasteiger charge is -2.24. The first kappa shape index (κ1) is 33.7. The van der Waals surface area contributed by atoms with Crippen molar-refractivity contribution in [3.63, 3.8) is 0 Å². The van der Waals surface area contributed by atoms with Gasteiger partial charge in [0.15, 0.2) is 11.5 Å². The molecule has 0 fully saturated rings. The van der Waals surface area contributed by atoms with Gasteiger partial charge in [-0.1, -0.05) is 54.6 Å². The molecule has 2 heterocycles. The molecule has 3 N–H and O–H groups in total. The van der Waals surface area contributed by atoms with Crippen LogP contribution in [-0.2, 0) is 45.2 Å². The van der Waals surface area contributed by atoms with E-state index >= 15 is 0 Å². The van der Waals surface area contributed by atoms with Crippen LogP contribution >= 0.6 is 0 Å². The Hall–Kier alpha value is -5.20. The number of aromatic nitrogens is 4. The van der Waals surface area contributed by atoms with Crippen molar-refractivity contribution in [2.24, 2.45) is 0 Å². The van der Waals surface area contributed by atoms with Crippen LogP contribution in [0.2, 0.25) is 0 Å². The molecule has 2 aromatic carbocycles. The third kappa shape index (κ3) is 10.5. The predicted molar refractivity (Wildman–Crippen MR) is 172 cm³/mol. The van der Waals surface area contributed by atoms with Crippen molar-refractivity contribution in [2.75, 3.05) is 5.32 Å². The van der Waals surface area contributed by atoms with Gasteiger partial charge >= 0.3 is 18.2 Å². The molecule has 0 aliphatic heterocycles. The van der Waals surface area contributed by atoms with Crippen molar-refractivity contribution in [1.29, 1.82) is 0 Å². The summed E-state index contributed by atoms with van der Waals surface area (Å²) in [6.07, 6.45) is 1.68. The molecule has 244 valence electrons. The molecule has 0 radical (unpaired) electrons. The lowest BCUT2D eigenvalue weighted by Crippen LogP contribution is -2.46. The number of nitrogens with one attached hydrogen (secondary N) is 3. The minimum atomic E-state index is -1.08. The van der Waals surface area contributed by atoms with Crippen LogP contribution in [0, 0.1) is 0 Å². The third-order valence-electron chi connectivity index (χ3n) is 6.26. The van der Waals surface area contributed by atoms with Gasteiger partial charge < -0.3 is 34.7 Å². The summed E-state index contributed by atoms with van der Waals surface area (Å²) in [6.45, 7) is 11.5. The van der Waals surface area contributed by atoms with Gasteiger partial charge in [0.25, 0.3) is 0 Å². The molecule has 1 unspecified atom stereocenters. The van der Waals surface area contributed by atoms with E-state index in [-0.39, 0.29) is 13.2 Å². The molecule has 46 heavy (non-hydrogen) atoms. The molecule has 2 amide bonds. The topological polar surface area (TPSA) is 159 Å². The number of anilines is 1. The minimum Gasteiger partial charge on any atom is -0.458 e. The van der Waals surface area contributed by atoms with Gasteiger partial charge in [0.1, 0.15) is 35.7 Å². The number of esters is 1. The molecule has 4 rings (SSSR count). The molecular formula is C33H41N7O6. The summed E-state index contributed by atoms with van der Waals surface area (Å²) in [7, 11) is 0. The second-order valence-electron chi connectivity index (χ2n) is 12.6. The van der Waals surface area contributed by atoms with E-state index < -0.39 is 35.4 Å². The maximum atomic E-state index is 13.1. The van der Waals surface area contributed by atoms with E-state index in [9.17, 15) is 14.4 Å². The van der Waals surface area contributed by atoms with Crippen molar-refractivity contribution in [2.45, 2.75) is 85.0 Å². The van der Waals surface area contributed by atoms with E-state index in [4.69, 9.17) is 14.2 Å². The van der Waals surface area contributed by atoms with Crippen molar-refractivity contribution < 1.29 is 28.6 Å². The van der Waals surface area contributed by atoms with E-state index in [0.717, 1.165) is 16.7 Å². The molecule has 0 aliphatic rings. The van der Waals surface area contributed by atoms with E-state index in [2.05, 4.69) is 30.9 Å². The van der Waals surface area contributed by atoms with Crippen LogP contribution in [0.5, 0.6) is 0 Å². The average Bonchev–Trinajstić information content (AvgIpc) is 3.40. The molecule has 0 saturated carbocycles. The lowest BCUT2D eigenvalue weighted by atomic mass is 10.1. The number of benzene rings is 2. The fourth-order valence-electron chi connectivity index (χ4n) is 4.32. The molecule has 0 saturated heterocycles. The summed E-state index contributed by atoms with van der Waals surface area (Å²) in [5.41, 5.74) is 2.27. The highest BCUT2D eigenvalue weighted by Gasteiger charge is 2.29. The average molecular weight is 632 g/mol. The molecule has 13 heteroatoms. The smallest absolute Gasteiger partial charge is 0.408 e. The van der Waals surface area contributed by atoms with Gasteiger partial charge in [0, 0.05) is 13.1 Å². The lowest BCUT2D eigenvalue weighted by molar-refractivity contribution is -0.157. The van der Waals surface area contributed by atoms with Crippen LogP contribution in [0.1, 0.15) is 58.2 Å². The van der Waals surface area contributed by atoms with Crippen LogP contribution in [0.4, 0.5) is 15.4 Å². The van der Waals surface area contributed by atoms with Gasteiger partial charge in [-0.15, -0.1) is 0 Å². The van der Waals surface area contributed by atoms with E-state index in [1.807, 2.05) is 75.4 Å². The van der Waals surface area contributed by atoms with Gasteiger partial charge in [-0.2, -0.15) is 0 Å². The SMILES string of the molecule is CC(C)(C)OC(=O)NCc1cccc(CNc2ncnc3c2ncn3CC(NC(=O)OCc2ccccc2)C(=O)OC(C)(C)C)c1. The van der Waals surface area contributed by atoms with E-state index in [1.54, 1.807) is 25.3 Å². The van der Waals surface area contributed by atoms with Crippen LogP contribution in [0.3, 0.4) is 0 Å². The minimum absolute atomic E-state index is 0.00496. The summed E-state index contributed by atoms with van der Waals surface area (Å²) in [5.74, 6) is -0.135. The number of imidazole rings is 1. The van der Waals surface area contributed by atoms with E-state index in [0.29, 0.717) is 30.1 Å². The maximum absolute atomic E-state index is 13.1. The zero-order valence-corrected chi connectivity index (χ0v) is 27.0. The largest absolute Gasteiger partial charge is 0.458 e.